The molecule has 2 fully saturated rings. The third-order valence-electron chi connectivity index (χ3n) is 4.11. The number of carbonyl (C=O) groups excluding carboxylic acids is 1. The van der Waals surface area contributed by atoms with E-state index in [-0.39, 0.29) is 0 Å². The second kappa shape index (κ2) is 5.02. The molecule has 2 saturated heterocycles. The molecule has 2 unspecified atom stereocenters. The molecule has 0 aliphatic carbocycles. The van der Waals surface area contributed by atoms with Crippen molar-refractivity contribution in [2.45, 2.75) is 31.3 Å². The van der Waals surface area contributed by atoms with E-state index in [0.717, 1.165) is 25.2 Å². The minimum absolute atomic E-state index is 0.389. The van der Waals surface area contributed by atoms with Crippen LogP contribution in [0.2, 0.25) is 5.02 Å². The van der Waals surface area contributed by atoms with Gasteiger partial charge < -0.3 is 16.0 Å². The van der Waals surface area contributed by atoms with Gasteiger partial charge in [0.05, 0.1) is 10.6 Å². The molecule has 3 rings (SSSR count). The molecule has 0 aromatic heterocycles. The van der Waals surface area contributed by atoms with Crippen LogP contribution in [0.15, 0.2) is 18.2 Å². The van der Waals surface area contributed by atoms with Crippen LogP contribution in [0.4, 0.5) is 5.69 Å². The topological polar surface area (TPSA) is 58.4 Å². The van der Waals surface area contributed by atoms with E-state index in [1.807, 2.05) is 12.1 Å². The molecule has 5 heteroatoms. The average molecular weight is 280 g/mol. The van der Waals surface area contributed by atoms with Gasteiger partial charge >= 0.3 is 0 Å². The quantitative estimate of drug-likeness (QED) is 0.867. The SMILES string of the molecule is NC(=O)c1ccc(N2CCC3CCC(C2)N3)cc1Cl. The van der Waals surface area contributed by atoms with Crippen LogP contribution in [-0.2, 0) is 0 Å². The first kappa shape index (κ1) is 12.8. The Balaban J connectivity index is 1.82. The maximum atomic E-state index is 11.2. The predicted molar refractivity (Wildman–Crippen MR) is 76.7 cm³/mol. The predicted octanol–water partition coefficient (Wildman–Crippen LogP) is 1.77. The first-order valence-electron chi connectivity index (χ1n) is 6.74. The maximum absolute atomic E-state index is 11.2. The van der Waals surface area contributed by atoms with Crippen LogP contribution in [0.25, 0.3) is 0 Å². The van der Waals surface area contributed by atoms with Crippen LogP contribution in [0, 0.1) is 0 Å². The lowest BCUT2D eigenvalue weighted by atomic mass is 10.1. The summed E-state index contributed by atoms with van der Waals surface area (Å²) in [5.74, 6) is -0.479. The van der Waals surface area contributed by atoms with Gasteiger partial charge in [-0.1, -0.05) is 11.6 Å². The molecule has 0 radical (unpaired) electrons. The number of halogens is 1. The van der Waals surface area contributed by atoms with Gasteiger partial charge in [0.2, 0.25) is 5.91 Å². The number of fused-ring (bicyclic) bond motifs is 2. The Bertz CT molecular complexity index is 505. The van der Waals surface area contributed by atoms with E-state index in [0.29, 0.717) is 22.7 Å². The van der Waals surface area contributed by atoms with Crippen LogP contribution >= 0.6 is 11.6 Å². The summed E-state index contributed by atoms with van der Waals surface area (Å²) in [7, 11) is 0. The second-order valence-corrected chi connectivity index (χ2v) is 5.81. The van der Waals surface area contributed by atoms with Crippen LogP contribution in [0.5, 0.6) is 0 Å². The molecular formula is C14H18ClN3O. The van der Waals surface area contributed by atoms with Gasteiger partial charge in [-0.3, -0.25) is 4.79 Å². The number of nitrogens with one attached hydrogen (secondary N) is 1. The van der Waals surface area contributed by atoms with Crippen molar-refractivity contribution < 1.29 is 4.79 Å². The average Bonchev–Trinajstić information content (AvgIpc) is 2.68. The van der Waals surface area contributed by atoms with Crippen molar-refractivity contribution in [3.05, 3.63) is 28.8 Å². The van der Waals surface area contributed by atoms with Crippen LogP contribution in [-0.4, -0.2) is 31.1 Å². The molecule has 1 aromatic rings. The smallest absolute Gasteiger partial charge is 0.250 e. The number of carbonyl (C=O) groups is 1. The Morgan fingerprint density at radius 2 is 2.11 bits per heavy atom. The van der Waals surface area contributed by atoms with Gasteiger partial charge in [-0.25, -0.2) is 0 Å². The maximum Gasteiger partial charge on any atom is 0.250 e. The van der Waals surface area contributed by atoms with Crippen molar-refractivity contribution in [1.82, 2.24) is 5.32 Å². The highest BCUT2D eigenvalue weighted by Gasteiger charge is 2.29. The molecule has 2 atom stereocenters. The summed E-state index contributed by atoms with van der Waals surface area (Å²) < 4.78 is 0. The summed E-state index contributed by atoms with van der Waals surface area (Å²) in [5.41, 5.74) is 6.73. The van der Waals surface area contributed by atoms with Crippen molar-refractivity contribution in [3.8, 4) is 0 Å². The van der Waals surface area contributed by atoms with E-state index in [1.165, 1.54) is 12.8 Å². The van der Waals surface area contributed by atoms with E-state index in [2.05, 4.69) is 10.2 Å². The lowest BCUT2D eigenvalue weighted by Gasteiger charge is -2.26. The van der Waals surface area contributed by atoms with Gasteiger partial charge in [0.15, 0.2) is 0 Å². The molecule has 102 valence electrons. The number of hydrogen-bond acceptors (Lipinski definition) is 3. The molecule has 1 amide bonds. The zero-order valence-corrected chi connectivity index (χ0v) is 11.5. The second-order valence-electron chi connectivity index (χ2n) is 5.40. The fraction of sp³-hybridized carbons (Fsp3) is 0.500. The van der Waals surface area contributed by atoms with Crippen molar-refractivity contribution in [1.29, 1.82) is 0 Å². The number of amides is 1. The number of nitrogens with zero attached hydrogens (tertiary/aromatic N) is 1. The summed E-state index contributed by atoms with van der Waals surface area (Å²) in [4.78, 5) is 13.5. The summed E-state index contributed by atoms with van der Waals surface area (Å²) in [6.07, 6.45) is 3.69. The Kier molecular flexibility index (Phi) is 3.37. The van der Waals surface area contributed by atoms with Gasteiger partial charge in [-0.05, 0) is 37.5 Å². The number of hydrogen-bond donors (Lipinski definition) is 2. The van der Waals surface area contributed by atoms with Crippen LogP contribution in [0.1, 0.15) is 29.6 Å². The number of nitrogens with two attached hydrogens (primary N) is 1. The fourth-order valence-corrected chi connectivity index (χ4v) is 3.35. The Labute approximate surface area is 117 Å². The highest BCUT2D eigenvalue weighted by molar-refractivity contribution is 6.34. The molecule has 1 aromatic carbocycles. The van der Waals surface area contributed by atoms with E-state index in [1.54, 1.807) is 6.07 Å². The summed E-state index contributed by atoms with van der Waals surface area (Å²) >= 11 is 6.12. The first-order valence-corrected chi connectivity index (χ1v) is 7.11. The molecule has 2 aliphatic heterocycles. The lowest BCUT2D eigenvalue weighted by Crippen LogP contribution is -2.35. The molecule has 4 nitrogen and oxygen atoms in total. The molecule has 0 spiro atoms. The van der Waals surface area contributed by atoms with E-state index >= 15 is 0 Å². The van der Waals surface area contributed by atoms with Gasteiger partial charge in [-0.2, -0.15) is 0 Å². The minimum atomic E-state index is -0.479. The fourth-order valence-electron chi connectivity index (χ4n) is 3.08. The number of anilines is 1. The molecule has 3 N–H and O–H groups in total. The Morgan fingerprint density at radius 3 is 2.84 bits per heavy atom. The number of rotatable bonds is 2. The third-order valence-corrected chi connectivity index (χ3v) is 4.42. The number of benzene rings is 1. The van der Waals surface area contributed by atoms with Gasteiger partial charge in [-0.15, -0.1) is 0 Å². The molecule has 19 heavy (non-hydrogen) atoms. The monoisotopic (exact) mass is 279 g/mol. The molecule has 2 bridgehead atoms. The first-order chi connectivity index (χ1) is 9.13. The van der Waals surface area contributed by atoms with Gasteiger partial charge in [0.25, 0.3) is 0 Å². The molecule has 2 aliphatic rings. The highest BCUT2D eigenvalue weighted by Crippen LogP contribution is 2.28. The number of primary amides is 1. The minimum Gasteiger partial charge on any atom is -0.370 e. The standard InChI is InChI=1S/C14H18ClN3O/c15-13-7-11(3-4-12(13)14(16)19)18-6-5-9-1-2-10(8-18)17-9/h3-4,7,9-10,17H,1-2,5-6,8H2,(H2,16,19). The van der Waals surface area contributed by atoms with Crippen molar-refractivity contribution in [3.63, 3.8) is 0 Å². The lowest BCUT2D eigenvalue weighted by molar-refractivity contribution is 0.100. The normalized spacial score (nSPS) is 26.3. The van der Waals surface area contributed by atoms with Gasteiger partial charge in [0.1, 0.15) is 0 Å². The summed E-state index contributed by atoms with van der Waals surface area (Å²) in [6, 6.07) is 6.74. The highest BCUT2D eigenvalue weighted by atomic mass is 35.5. The Morgan fingerprint density at radius 1 is 1.32 bits per heavy atom. The van der Waals surface area contributed by atoms with Crippen molar-refractivity contribution in [2.75, 3.05) is 18.0 Å². The van der Waals surface area contributed by atoms with E-state index in [4.69, 9.17) is 17.3 Å². The van der Waals surface area contributed by atoms with Crippen molar-refractivity contribution >= 4 is 23.2 Å². The zero-order valence-electron chi connectivity index (χ0n) is 10.7. The van der Waals surface area contributed by atoms with E-state index in [9.17, 15) is 4.79 Å². The largest absolute Gasteiger partial charge is 0.370 e. The molecular weight excluding hydrogens is 262 g/mol. The summed E-state index contributed by atoms with van der Waals surface area (Å²) in [5, 5.41) is 4.09. The summed E-state index contributed by atoms with van der Waals surface area (Å²) in [6.45, 7) is 2.03. The third kappa shape index (κ3) is 2.55. The van der Waals surface area contributed by atoms with Gasteiger partial charge in [0, 0.05) is 30.9 Å². The van der Waals surface area contributed by atoms with Crippen molar-refractivity contribution in [2.24, 2.45) is 5.73 Å². The van der Waals surface area contributed by atoms with Crippen LogP contribution < -0.4 is 16.0 Å². The Hall–Kier alpha value is -1.26. The van der Waals surface area contributed by atoms with E-state index < -0.39 is 5.91 Å². The van der Waals surface area contributed by atoms with Crippen LogP contribution in [0.3, 0.4) is 0 Å². The zero-order chi connectivity index (χ0) is 13.4. The molecule has 2 heterocycles. The molecule has 0 saturated carbocycles.